The molecule has 3 rings (SSSR count). The summed E-state index contributed by atoms with van der Waals surface area (Å²) in [5.74, 6) is -1.29. The van der Waals surface area contributed by atoms with Crippen molar-refractivity contribution >= 4 is 34.5 Å². The van der Waals surface area contributed by atoms with E-state index in [1.165, 1.54) is 37.6 Å². The zero-order chi connectivity index (χ0) is 17.8. The maximum absolute atomic E-state index is 9.93. The highest BCUT2D eigenvalue weighted by atomic mass is 79.9. The maximum Gasteiger partial charge on any atom is 0.206 e. The molecule has 0 aliphatic heterocycles. The van der Waals surface area contributed by atoms with Crippen LogP contribution in [0.4, 0.5) is 0 Å². The topological polar surface area (TPSA) is 90.3 Å². The number of hydrogen-bond donors (Lipinski definition) is 3. The summed E-state index contributed by atoms with van der Waals surface area (Å²) in [6.07, 6.45) is 8.28. The second-order valence-corrected chi connectivity index (χ2v) is 7.05. The number of benzene rings is 1. The number of phenolic OH excluding ortho intramolecular Hbond substituents is 3. The second kappa shape index (κ2) is 9.23. The van der Waals surface area contributed by atoms with Crippen molar-refractivity contribution in [2.45, 2.75) is 51.5 Å². The number of phenols is 3. The molecular weight excluding hydrogens is 418 g/mol. The molecule has 3 N–H and O–H groups in total. The fraction of sp³-hybridized carbons (Fsp3) is 0.444. The van der Waals surface area contributed by atoms with Crippen molar-refractivity contribution in [1.82, 2.24) is 4.68 Å². The van der Waals surface area contributed by atoms with Gasteiger partial charge in [0.2, 0.25) is 10.6 Å². The lowest BCUT2D eigenvalue weighted by Gasteiger charge is -2.16. The molecule has 6 nitrogen and oxygen atoms in total. The number of aryl methyl sites for hydroxylation is 1. The van der Waals surface area contributed by atoms with Crippen molar-refractivity contribution in [1.29, 1.82) is 0 Å². The molecule has 1 heterocycles. The number of thiazole rings is 1. The molecule has 8 heteroatoms. The van der Waals surface area contributed by atoms with Crippen LogP contribution in [-0.4, -0.2) is 32.3 Å². The van der Waals surface area contributed by atoms with Crippen LogP contribution in [0.5, 0.6) is 17.2 Å². The predicted octanol–water partition coefficient (Wildman–Crippen LogP) is 3.92. The SMILES string of the molecule is Br.CCc1csc(=NC2CCCCC2)n1/N=C/c1ccc(O)c(O)c1O. The van der Waals surface area contributed by atoms with E-state index in [2.05, 4.69) is 12.0 Å². The van der Waals surface area contributed by atoms with Gasteiger partial charge in [-0.1, -0.05) is 26.2 Å². The van der Waals surface area contributed by atoms with E-state index in [-0.39, 0.29) is 28.5 Å². The summed E-state index contributed by atoms with van der Waals surface area (Å²) in [6.45, 7) is 2.06. The standard InChI is InChI=1S/C18H23N3O3S.BrH/c1-2-14-11-25-18(20-13-6-4-3-5-7-13)21(14)19-10-12-8-9-15(22)17(24)16(12)23;/h8-11,13,22-24H,2-7H2,1H3;1H/b19-10+,20-18?;. The number of hydrogen-bond acceptors (Lipinski definition) is 6. The molecule has 0 bridgehead atoms. The van der Waals surface area contributed by atoms with Crippen molar-refractivity contribution in [2.75, 3.05) is 0 Å². The number of aromatic hydroxyl groups is 3. The van der Waals surface area contributed by atoms with Gasteiger partial charge in [-0.25, -0.2) is 4.68 Å². The van der Waals surface area contributed by atoms with E-state index in [0.717, 1.165) is 29.8 Å². The summed E-state index contributed by atoms with van der Waals surface area (Å²) in [5, 5.41) is 35.5. The summed E-state index contributed by atoms with van der Waals surface area (Å²) in [6, 6.07) is 3.18. The Bertz CT molecular complexity index is 839. The Morgan fingerprint density at radius 3 is 2.58 bits per heavy atom. The van der Waals surface area contributed by atoms with Crippen LogP contribution in [0.2, 0.25) is 0 Å². The van der Waals surface area contributed by atoms with Crippen LogP contribution in [0.25, 0.3) is 0 Å². The van der Waals surface area contributed by atoms with E-state index in [1.807, 2.05) is 5.38 Å². The molecule has 1 aliphatic carbocycles. The van der Waals surface area contributed by atoms with Gasteiger partial charge in [-0.15, -0.1) is 28.3 Å². The van der Waals surface area contributed by atoms with Crippen molar-refractivity contribution in [3.05, 3.63) is 33.6 Å². The van der Waals surface area contributed by atoms with Gasteiger partial charge in [-0.2, -0.15) is 5.10 Å². The highest BCUT2D eigenvalue weighted by Crippen LogP contribution is 2.36. The number of rotatable bonds is 4. The van der Waals surface area contributed by atoms with Crippen molar-refractivity contribution < 1.29 is 15.3 Å². The second-order valence-electron chi connectivity index (χ2n) is 6.21. The van der Waals surface area contributed by atoms with Crippen LogP contribution in [-0.2, 0) is 6.42 Å². The molecule has 0 unspecified atom stereocenters. The molecule has 1 fully saturated rings. The van der Waals surface area contributed by atoms with Crippen molar-refractivity contribution in [2.24, 2.45) is 10.1 Å². The Morgan fingerprint density at radius 2 is 1.88 bits per heavy atom. The van der Waals surface area contributed by atoms with Gasteiger partial charge in [0.1, 0.15) is 0 Å². The third kappa shape index (κ3) is 4.48. The molecular formula is C18H24BrN3O3S. The fourth-order valence-electron chi connectivity index (χ4n) is 2.96. The summed E-state index contributed by atoms with van der Waals surface area (Å²) in [5.41, 5.74) is 1.37. The Hall–Kier alpha value is -1.80. The van der Waals surface area contributed by atoms with Crippen LogP contribution in [0.15, 0.2) is 27.6 Å². The zero-order valence-electron chi connectivity index (χ0n) is 14.6. The van der Waals surface area contributed by atoms with Gasteiger partial charge in [0.25, 0.3) is 0 Å². The van der Waals surface area contributed by atoms with Gasteiger partial charge in [0.05, 0.1) is 18.0 Å². The van der Waals surface area contributed by atoms with Crippen LogP contribution >= 0.6 is 28.3 Å². The summed E-state index contributed by atoms with van der Waals surface area (Å²) < 4.78 is 1.79. The number of halogens is 1. The van der Waals surface area contributed by atoms with E-state index >= 15 is 0 Å². The highest BCUT2D eigenvalue weighted by molar-refractivity contribution is 8.93. The smallest absolute Gasteiger partial charge is 0.206 e. The molecule has 142 valence electrons. The lowest BCUT2D eigenvalue weighted by molar-refractivity contribution is 0.367. The molecule has 0 saturated heterocycles. The van der Waals surface area contributed by atoms with Gasteiger partial charge in [0, 0.05) is 10.9 Å². The lowest BCUT2D eigenvalue weighted by atomic mass is 9.96. The number of nitrogens with zero attached hydrogens (tertiary/aromatic N) is 3. The Balaban J connectivity index is 0.00000243. The van der Waals surface area contributed by atoms with Gasteiger partial charge < -0.3 is 15.3 Å². The Kier molecular flexibility index (Phi) is 7.28. The lowest BCUT2D eigenvalue weighted by Crippen LogP contribution is -2.19. The highest BCUT2D eigenvalue weighted by Gasteiger charge is 2.13. The third-order valence-corrected chi connectivity index (χ3v) is 5.34. The molecule has 0 amide bonds. The molecule has 0 radical (unpaired) electrons. The zero-order valence-corrected chi connectivity index (χ0v) is 17.2. The van der Waals surface area contributed by atoms with E-state index in [4.69, 9.17) is 4.99 Å². The average molecular weight is 442 g/mol. The molecule has 0 spiro atoms. The Morgan fingerprint density at radius 1 is 1.15 bits per heavy atom. The molecule has 1 saturated carbocycles. The summed E-state index contributed by atoms with van der Waals surface area (Å²) >= 11 is 1.57. The fourth-order valence-corrected chi connectivity index (χ4v) is 3.94. The van der Waals surface area contributed by atoms with E-state index < -0.39 is 5.75 Å². The predicted molar refractivity (Wildman–Crippen MR) is 109 cm³/mol. The monoisotopic (exact) mass is 441 g/mol. The maximum atomic E-state index is 9.93. The van der Waals surface area contributed by atoms with E-state index in [0.29, 0.717) is 11.6 Å². The van der Waals surface area contributed by atoms with Crippen molar-refractivity contribution in [3.63, 3.8) is 0 Å². The third-order valence-electron chi connectivity index (χ3n) is 4.46. The Labute approximate surface area is 166 Å². The van der Waals surface area contributed by atoms with Crippen LogP contribution in [0, 0.1) is 0 Å². The minimum Gasteiger partial charge on any atom is -0.504 e. The largest absolute Gasteiger partial charge is 0.504 e. The first kappa shape index (κ1) is 20.5. The van der Waals surface area contributed by atoms with Gasteiger partial charge in [-0.3, -0.25) is 4.99 Å². The summed E-state index contributed by atoms with van der Waals surface area (Å²) in [4.78, 5) is 5.72. The van der Waals surface area contributed by atoms with Crippen LogP contribution in [0.3, 0.4) is 0 Å². The van der Waals surface area contributed by atoms with E-state index in [1.54, 1.807) is 16.0 Å². The molecule has 1 aromatic carbocycles. The number of aromatic nitrogens is 1. The first-order valence-corrected chi connectivity index (χ1v) is 9.49. The molecule has 26 heavy (non-hydrogen) atoms. The minimum atomic E-state index is -0.540. The van der Waals surface area contributed by atoms with Gasteiger partial charge >= 0.3 is 0 Å². The molecule has 0 atom stereocenters. The molecule has 1 aromatic heterocycles. The normalized spacial score (nSPS) is 16.1. The average Bonchev–Trinajstić information content (AvgIpc) is 3.01. The first-order valence-electron chi connectivity index (χ1n) is 8.61. The molecule has 1 aliphatic rings. The minimum absolute atomic E-state index is 0. The first-order chi connectivity index (χ1) is 12.1. The quantitative estimate of drug-likeness (QED) is 0.495. The van der Waals surface area contributed by atoms with Crippen LogP contribution in [0.1, 0.15) is 50.3 Å². The summed E-state index contributed by atoms with van der Waals surface area (Å²) in [7, 11) is 0. The molecule has 2 aromatic rings. The van der Waals surface area contributed by atoms with Crippen molar-refractivity contribution in [3.8, 4) is 17.2 Å². The van der Waals surface area contributed by atoms with E-state index in [9.17, 15) is 15.3 Å². The van der Waals surface area contributed by atoms with Gasteiger partial charge in [-0.05, 0) is 31.4 Å². The van der Waals surface area contributed by atoms with Gasteiger partial charge in [0.15, 0.2) is 11.5 Å². The van der Waals surface area contributed by atoms with Crippen LogP contribution < -0.4 is 4.80 Å².